The largest absolute Gasteiger partial charge is 0.368 e. The summed E-state index contributed by atoms with van der Waals surface area (Å²) in [4.78, 5) is 25.3. The van der Waals surface area contributed by atoms with E-state index in [1.54, 1.807) is 36.7 Å². The molecule has 4 heterocycles. The van der Waals surface area contributed by atoms with Gasteiger partial charge in [0.1, 0.15) is 5.15 Å². The highest BCUT2D eigenvalue weighted by Crippen LogP contribution is 2.32. The predicted molar refractivity (Wildman–Crippen MR) is 122 cm³/mol. The van der Waals surface area contributed by atoms with Crippen molar-refractivity contribution in [1.82, 2.24) is 19.2 Å². The van der Waals surface area contributed by atoms with Gasteiger partial charge in [0.05, 0.1) is 10.8 Å². The van der Waals surface area contributed by atoms with Crippen LogP contribution in [0, 0.1) is 5.92 Å². The number of benzene rings is 1. The SMILES string of the molecule is O=C(C1CN(S(=O)(=O)c2cccc3c(Cl)nccc23)C1)N1CCN(c2ccncc2)CC1. The van der Waals surface area contributed by atoms with Crippen LogP contribution in [0.2, 0.25) is 5.15 Å². The monoisotopic (exact) mass is 471 g/mol. The summed E-state index contributed by atoms with van der Waals surface area (Å²) in [5.41, 5.74) is 1.10. The fourth-order valence-electron chi connectivity index (χ4n) is 4.30. The minimum Gasteiger partial charge on any atom is -0.368 e. The summed E-state index contributed by atoms with van der Waals surface area (Å²) >= 11 is 6.13. The van der Waals surface area contributed by atoms with Crippen LogP contribution in [-0.4, -0.2) is 72.8 Å². The molecule has 0 saturated carbocycles. The second kappa shape index (κ2) is 8.31. The average Bonchev–Trinajstić information content (AvgIpc) is 2.78. The first-order chi connectivity index (χ1) is 15.4. The van der Waals surface area contributed by atoms with E-state index in [4.69, 9.17) is 11.6 Å². The molecule has 2 saturated heterocycles. The van der Waals surface area contributed by atoms with Gasteiger partial charge in [-0.1, -0.05) is 23.7 Å². The van der Waals surface area contributed by atoms with Crippen molar-refractivity contribution in [2.45, 2.75) is 4.90 Å². The van der Waals surface area contributed by atoms with E-state index < -0.39 is 10.0 Å². The fourth-order valence-corrected chi connectivity index (χ4v) is 6.25. The van der Waals surface area contributed by atoms with Gasteiger partial charge in [0, 0.05) is 74.3 Å². The molecule has 0 spiro atoms. The maximum atomic E-state index is 13.2. The van der Waals surface area contributed by atoms with Crippen LogP contribution >= 0.6 is 11.6 Å². The summed E-state index contributed by atoms with van der Waals surface area (Å²) in [6.07, 6.45) is 5.02. The average molecular weight is 472 g/mol. The van der Waals surface area contributed by atoms with E-state index in [2.05, 4.69) is 14.9 Å². The van der Waals surface area contributed by atoms with Gasteiger partial charge in [0.2, 0.25) is 15.9 Å². The molecule has 32 heavy (non-hydrogen) atoms. The van der Waals surface area contributed by atoms with E-state index in [0.29, 0.717) is 23.9 Å². The van der Waals surface area contributed by atoms with Crippen LogP contribution in [-0.2, 0) is 14.8 Å². The number of pyridine rings is 2. The predicted octanol–water partition coefficient (Wildman–Crippen LogP) is 2.25. The van der Waals surface area contributed by atoms with E-state index >= 15 is 0 Å². The van der Waals surface area contributed by atoms with Gasteiger partial charge in [-0.3, -0.25) is 9.78 Å². The number of hydrogen-bond acceptors (Lipinski definition) is 6. The first kappa shape index (κ1) is 21.1. The van der Waals surface area contributed by atoms with Crippen LogP contribution in [0.15, 0.2) is 59.9 Å². The lowest BCUT2D eigenvalue weighted by Crippen LogP contribution is -2.59. The molecule has 5 rings (SSSR count). The van der Waals surface area contributed by atoms with Gasteiger partial charge >= 0.3 is 0 Å². The first-order valence-corrected chi connectivity index (χ1v) is 12.2. The summed E-state index contributed by atoms with van der Waals surface area (Å²) in [7, 11) is -3.73. The summed E-state index contributed by atoms with van der Waals surface area (Å²) < 4.78 is 27.8. The van der Waals surface area contributed by atoms with Crippen LogP contribution in [0.3, 0.4) is 0 Å². The van der Waals surface area contributed by atoms with Gasteiger partial charge in [0.15, 0.2) is 0 Å². The number of sulfonamides is 1. The molecule has 0 radical (unpaired) electrons. The first-order valence-electron chi connectivity index (χ1n) is 10.4. The van der Waals surface area contributed by atoms with Gasteiger partial charge in [-0.25, -0.2) is 13.4 Å². The lowest BCUT2D eigenvalue weighted by molar-refractivity contribution is -0.139. The number of nitrogens with zero attached hydrogens (tertiary/aromatic N) is 5. The molecule has 1 aromatic carbocycles. The molecule has 10 heteroatoms. The zero-order chi connectivity index (χ0) is 22.3. The van der Waals surface area contributed by atoms with Crippen LogP contribution < -0.4 is 4.90 Å². The Morgan fingerprint density at radius 3 is 2.38 bits per heavy atom. The molecule has 2 aliphatic heterocycles. The van der Waals surface area contributed by atoms with Crippen molar-refractivity contribution in [3.8, 4) is 0 Å². The molecule has 1 amide bonds. The fraction of sp³-hybridized carbons (Fsp3) is 0.318. The Morgan fingerprint density at radius 1 is 0.938 bits per heavy atom. The Balaban J connectivity index is 1.23. The molecule has 8 nitrogen and oxygen atoms in total. The number of hydrogen-bond donors (Lipinski definition) is 0. The summed E-state index contributed by atoms with van der Waals surface area (Å²) in [5, 5.41) is 1.40. The molecule has 2 aliphatic rings. The van der Waals surface area contributed by atoms with Crippen molar-refractivity contribution in [3.05, 3.63) is 60.1 Å². The number of carbonyl (C=O) groups is 1. The Hall–Kier alpha value is -2.75. The summed E-state index contributed by atoms with van der Waals surface area (Å²) in [6, 6.07) is 10.6. The third kappa shape index (κ3) is 3.70. The third-order valence-electron chi connectivity index (χ3n) is 6.15. The van der Waals surface area contributed by atoms with Crippen LogP contribution in [0.4, 0.5) is 5.69 Å². The highest BCUT2D eigenvalue weighted by atomic mass is 35.5. The second-order valence-electron chi connectivity index (χ2n) is 7.99. The van der Waals surface area contributed by atoms with Crippen molar-refractivity contribution in [2.75, 3.05) is 44.2 Å². The summed E-state index contributed by atoms with van der Waals surface area (Å²) in [5.74, 6) is -0.284. The lowest BCUT2D eigenvalue weighted by atomic mass is 10.0. The molecule has 2 aromatic heterocycles. The number of piperazine rings is 1. The quantitative estimate of drug-likeness (QED) is 0.542. The lowest BCUT2D eigenvalue weighted by Gasteiger charge is -2.42. The molecule has 2 fully saturated rings. The number of amides is 1. The Morgan fingerprint density at radius 2 is 1.66 bits per heavy atom. The minimum atomic E-state index is -3.73. The van der Waals surface area contributed by atoms with Gasteiger partial charge in [0.25, 0.3) is 0 Å². The second-order valence-corrected chi connectivity index (χ2v) is 10.3. The van der Waals surface area contributed by atoms with Crippen molar-refractivity contribution in [3.63, 3.8) is 0 Å². The standard InChI is InChI=1S/C22H22ClN5O3S/c23-21-19-2-1-3-20(18(19)6-9-25-21)32(30,31)28-14-16(15-28)22(29)27-12-10-26(11-13-27)17-4-7-24-8-5-17/h1-9,16H,10-15H2. The van der Waals surface area contributed by atoms with Crippen LogP contribution in [0.5, 0.6) is 0 Å². The number of halogens is 1. The van der Waals surface area contributed by atoms with E-state index in [1.165, 1.54) is 10.5 Å². The Labute approximate surface area is 191 Å². The van der Waals surface area contributed by atoms with E-state index in [0.717, 1.165) is 18.8 Å². The Bertz CT molecular complexity index is 1260. The molecule has 0 aliphatic carbocycles. The third-order valence-corrected chi connectivity index (χ3v) is 8.34. The molecular weight excluding hydrogens is 450 g/mol. The van der Waals surface area contributed by atoms with Crippen molar-refractivity contribution >= 4 is 44.0 Å². The smallest absolute Gasteiger partial charge is 0.243 e. The summed E-state index contributed by atoms with van der Waals surface area (Å²) in [6.45, 7) is 3.13. The number of anilines is 1. The van der Waals surface area contributed by atoms with Crippen molar-refractivity contribution in [2.24, 2.45) is 5.92 Å². The molecule has 3 aromatic rings. The molecule has 0 unspecified atom stereocenters. The number of rotatable bonds is 4. The van der Waals surface area contributed by atoms with Gasteiger partial charge in [-0.05, 0) is 24.3 Å². The molecule has 166 valence electrons. The molecular formula is C22H22ClN5O3S. The highest BCUT2D eigenvalue weighted by Gasteiger charge is 2.42. The molecule has 0 bridgehead atoms. The number of carbonyl (C=O) groups excluding carboxylic acids is 1. The van der Waals surface area contributed by atoms with Crippen LogP contribution in [0.1, 0.15) is 0 Å². The van der Waals surface area contributed by atoms with E-state index in [9.17, 15) is 13.2 Å². The molecule has 0 N–H and O–H groups in total. The number of fused-ring (bicyclic) bond motifs is 1. The van der Waals surface area contributed by atoms with Gasteiger partial charge in [-0.15, -0.1) is 0 Å². The van der Waals surface area contributed by atoms with Gasteiger partial charge in [-0.2, -0.15) is 4.31 Å². The normalized spacial score (nSPS) is 18.0. The Kier molecular flexibility index (Phi) is 5.48. The van der Waals surface area contributed by atoms with Crippen molar-refractivity contribution in [1.29, 1.82) is 0 Å². The number of aromatic nitrogens is 2. The van der Waals surface area contributed by atoms with E-state index in [-0.39, 0.29) is 35.0 Å². The zero-order valence-electron chi connectivity index (χ0n) is 17.3. The van der Waals surface area contributed by atoms with Crippen molar-refractivity contribution < 1.29 is 13.2 Å². The maximum Gasteiger partial charge on any atom is 0.243 e. The van der Waals surface area contributed by atoms with Crippen LogP contribution in [0.25, 0.3) is 10.8 Å². The van der Waals surface area contributed by atoms with E-state index in [1.807, 2.05) is 17.0 Å². The van der Waals surface area contributed by atoms with Gasteiger partial charge < -0.3 is 9.80 Å². The highest BCUT2D eigenvalue weighted by molar-refractivity contribution is 7.89. The topological polar surface area (TPSA) is 86.7 Å². The zero-order valence-corrected chi connectivity index (χ0v) is 18.8. The molecule has 0 atom stereocenters. The maximum absolute atomic E-state index is 13.2. The minimum absolute atomic E-state index is 0.0241.